The molecule has 2 rings (SSSR count). The molecular formula is C16H19FN2O. The van der Waals surface area contributed by atoms with E-state index in [-0.39, 0.29) is 18.3 Å². The lowest BCUT2D eigenvalue weighted by Gasteiger charge is -2.16. The van der Waals surface area contributed by atoms with E-state index in [2.05, 4.69) is 18.8 Å². The van der Waals surface area contributed by atoms with E-state index in [0.717, 1.165) is 18.5 Å². The Labute approximate surface area is 119 Å². The fourth-order valence-corrected chi connectivity index (χ4v) is 2.41. The largest absolute Gasteiger partial charge is 0.338 e. The molecule has 1 unspecified atom stereocenters. The van der Waals surface area contributed by atoms with Gasteiger partial charge in [0, 0.05) is 19.5 Å². The average molecular weight is 274 g/mol. The Hall–Kier alpha value is -1.86. The molecule has 20 heavy (non-hydrogen) atoms. The average Bonchev–Trinajstić information content (AvgIpc) is 2.80. The Balaban J connectivity index is 2.12. The zero-order chi connectivity index (χ0) is 14.5. The summed E-state index contributed by atoms with van der Waals surface area (Å²) in [6.07, 6.45) is 1.64. The number of halogens is 1. The number of hydrogen-bond acceptors (Lipinski definition) is 2. The van der Waals surface area contributed by atoms with E-state index in [1.807, 2.05) is 4.90 Å². The van der Waals surface area contributed by atoms with E-state index in [1.165, 1.54) is 6.07 Å². The van der Waals surface area contributed by atoms with Crippen LogP contribution in [0, 0.1) is 23.6 Å². The first-order valence-corrected chi connectivity index (χ1v) is 6.89. The molecule has 1 atom stereocenters. The maximum absolute atomic E-state index is 13.6. The van der Waals surface area contributed by atoms with Gasteiger partial charge in [0.05, 0.1) is 12.1 Å². The van der Waals surface area contributed by atoms with E-state index in [4.69, 9.17) is 5.73 Å². The first kappa shape index (κ1) is 14.5. The predicted octanol–water partition coefficient (Wildman–Crippen LogP) is 1.89. The van der Waals surface area contributed by atoms with Crippen LogP contribution in [0.25, 0.3) is 0 Å². The summed E-state index contributed by atoms with van der Waals surface area (Å²) in [6, 6.07) is 4.80. The van der Waals surface area contributed by atoms with Crippen molar-refractivity contribution in [3.05, 3.63) is 35.1 Å². The highest BCUT2D eigenvalue weighted by atomic mass is 19.1. The van der Waals surface area contributed by atoms with Crippen molar-refractivity contribution < 1.29 is 9.18 Å². The number of rotatable bonds is 3. The molecule has 0 saturated carbocycles. The molecule has 0 aliphatic carbocycles. The van der Waals surface area contributed by atoms with Gasteiger partial charge in [-0.1, -0.05) is 31.3 Å². The van der Waals surface area contributed by atoms with Crippen LogP contribution < -0.4 is 5.73 Å². The highest BCUT2D eigenvalue weighted by molar-refractivity contribution is 5.78. The van der Waals surface area contributed by atoms with Crippen molar-refractivity contribution >= 4 is 5.91 Å². The molecule has 0 aromatic heterocycles. The minimum atomic E-state index is -0.353. The van der Waals surface area contributed by atoms with Gasteiger partial charge < -0.3 is 10.6 Å². The summed E-state index contributed by atoms with van der Waals surface area (Å²) < 4.78 is 13.6. The maximum Gasteiger partial charge on any atom is 0.223 e. The van der Waals surface area contributed by atoms with Crippen LogP contribution in [-0.4, -0.2) is 23.9 Å². The zero-order valence-electron chi connectivity index (χ0n) is 11.7. The van der Waals surface area contributed by atoms with Crippen LogP contribution in [0.1, 0.15) is 30.9 Å². The van der Waals surface area contributed by atoms with Crippen molar-refractivity contribution in [3.63, 3.8) is 0 Å². The zero-order valence-corrected chi connectivity index (χ0v) is 11.7. The Morgan fingerprint density at radius 3 is 2.95 bits per heavy atom. The second-order valence-electron chi connectivity index (χ2n) is 5.07. The summed E-state index contributed by atoms with van der Waals surface area (Å²) in [5, 5.41) is 0. The smallest absolute Gasteiger partial charge is 0.223 e. The van der Waals surface area contributed by atoms with Crippen LogP contribution in [0.5, 0.6) is 0 Å². The molecule has 0 bridgehead atoms. The molecule has 1 amide bonds. The number of nitrogens with two attached hydrogens (primary N) is 1. The lowest BCUT2D eigenvalue weighted by atomic mass is 10.1. The van der Waals surface area contributed by atoms with Crippen molar-refractivity contribution in [1.29, 1.82) is 0 Å². The molecule has 1 fully saturated rings. The molecule has 1 aliphatic rings. The fraction of sp³-hybridized carbons (Fsp3) is 0.438. The summed E-state index contributed by atoms with van der Waals surface area (Å²) in [5.74, 6) is 5.63. The summed E-state index contributed by atoms with van der Waals surface area (Å²) in [4.78, 5) is 13.7. The van der Waals surface area contributed by atoms with Crippen molar-refractivity contribution in [2.24, 2.45) is 11.7 Å². The minimum absolute atomic E-state index is 0.177. The molecule has 1 aliphatic heterocycles. The molecular weight excluding hydrogens is 255 g/mol. The monoisotopic (exact) mass is 274 g/mol. The normalized spacial score (nSPS) is 18.1. The summed E-state index contributed by atoms with van der Waals surface area (Å²) >= 11 is 0. The number of carbonyl (C=O) groups is 1. The van der Waals surface area contributed by atoms with E-state index in [0.29, 0.717) is 24.4 Å². The number of carbonyl (C=O) groups excluding carboxylic acids is 1. The first-order chi connectivity index (χ1) is 9.63. The number of hydrogen-bond donors (Lipinski definition) is 1. The molecule has 1 aromatic carbocycles. The molecule has 106 valence electrons. The van der Waals surface area contributed by atoms with Crippen LogP contribution >= 0.6 is 0 Å². The van der Waals surface area contributed by atoms with E-state index in [9.17, 15) is 9.18 Å². The molecule has 1 aromatic rings. The summed E-state index contributed by atoms with van der Waals surface area (Å²) in [5.41, 5.74) is 6.54. The Morgan fingerprint density at radius 1 is 1.50 bits per heavy atom. The second-order valence-corrected chi connectivity index (χ2v) is 5.07. The number of nitrogens with zero attached hydrogens (tertiary/aromatic N) is 1. The van der Waals surface area contributed by atoms with Gasteiger partial charge in [-0.25, -0.2) is 4.39 Å². The Bertz CT molecular complexity index is 559. The SMILES string of the molecule is CCC1CC(=O)N(Cc2ccc(F)c(C#CCN)c2)C1. The summed E-state index contributed by atoms with van der Waals surface area (Å²) in [6.45, 7) is 3.61. The van der Waals surface area contributed by atoms with Gasteiger partial charge in [-0.05, 0) is 23.6 Å². The molecule has 2 N–H and O–H groups in total. The van der Waals surface area contributed by atoms with Gasteiger partial charge in [0.2, 0.25) is 5.91 Å². The van der Waals surface area contributed by atoms with Crippen molar-refractivity contribution in [2.75, 3.05) is 13.1 Å². The third kappa shape index (κ3) is 3.37. The quantitative estimate of drug-likeness (QED) is 0.856. The third-order valence-corrected chi connectivity index (χ3v) is 3.60. The van der Waals surface area contributed by atoms with Crippen LogP contribution in [0.3, 0.4) is 0 Å². The Morgan fingerprint density at radius 2 is 2.30 bits per heavy atom. The van der Waals surface area contributed by atoms with Gasteiger partial charge >= 0.3 is 0 Å². The second kappa shape index (κ2) is 6.53. The molecule has 4 heteroatoms. The van der Waals surface area contributed by atoms with Crippen LogP contribution in [0.2, 0.25) is 0 Å². The molecule has 0 radical (unpaired) electrons. The summed E-state index contributed by atoms with van der Waals surface area (Å²) in [7, 11) is 0. The predicted molar refractivity (Wildman–Crippen MR) is 76.1 cm³/mol. The maximum atomic E-state index is 13.6. The van der Waals surface area contributed by atoms with Crippen molar-refractivity contribution in [3.8, 4) is 11.8 Å². The Kier molecular flexibility index (Phi) is 4.75. The highest BCUT2D eigenvalue weighted by Gasteiger charge is 2.28. The van der Waals surface area contributed by atoms with Gasteiger partial charge in [-0.15, -0.1) is 0 Å². The van der Waals surface area contributed by atoms with Gasteiger partial charge in [-0.2, -0.15) is 0 Å². The lowest BCUT2D eigenvalue weighted by Crippen LogP contribution is -2.24. The third-order valence-electron chi connectivity index (χ3n) is 3.60. The molecule has 1 heterocycles. The van der Waals surface area contributed by atoms with E-state index < -0.39 is 0 Å². The van der Waals surface area contributed by atoms with E-state index >= 15 is 0 Å². The molecule has 1 saturated heterocycles. The standard InChI is InChI=1S/C16H19FN2O/c1-2-12-9-16(20)19(10-12)11-13-5-6-15(17)14(8-13)4-3-7-18/h5-6,8,12H,2,7,9-11,18H2,1H3. The molecule has 3 nitrogen and oxygen atoms in total. The van der Waals surface area contributed by atoms with Crippen LogP contribution in [-0.2, 0) is 11.3 Å². The fourth-order valence-electron chi connectivity index (χ4n) is 2.41. The number of likely N-dealkylation sites (tertiary alicyclic amines) is 1. The topological polar surface area (TPSA) is 46.3 Å². The first-order valence-electron chi connectivity index (χ1n) is 6.89. The van der Waals surface area contributed by atoms with Crippen LogP contribution in [0.4, 0.5) is 4.39 Å². The highest BCUT2D eigenvalue weighted by Crippen LogP contribution is 2.23. The lowest BCUT2D eigenvalue weighted by molar-refractivity contribution is -0.128. The van der Waals surface area contributed by atoms with Gasteiger partial charge in [-0.3, -0.25) is 4.79 Å². The molecule has 0 spiro atoms. The number of benzene rings is 1. The minimum Gasteiger partial charge on any atom is -0.338 e. The van der Waals surface area contributed by atoms with E-state index in [1.54, 1.807) is 12.1 Å². The van der Waals surface area contributed by atoms with Crippen molar-refractivity contribution in [2.45, 2.75) is 26.3 Å². The van der Waals surface area contributed by atoms with Crippen LogP contribution in [0.15, 0.2) is 18.2 Å². The number of amides is 1. The van der Waals surface area contributed by atoms with Gasteiger partial charge in [0.15, 0.2) is 0 Å². The van der Waals surface area contributed by atoms with Crippen molar-refractivity contribution in [1.82, 2.24) is 4.90 Å². The van der Waals surface area contributed by atoms with Gasteiger partial charge in [0.1, 0.15) is 5.82 Å². The van der Waals surface area contributed by atoms with Gasteiger partial charge in [0.25, 0.3) is 0 Å².